The maximum Gasteiger partial charge on any atom is 0.130 e. The molecule has 0 aliphatic rings. The second-order valence-corrected chi connectivity index (χ2v) is 3.51. The van der Waals surface area contributed by atoms with Gasteiger partial charge < -0.3 is 10.5 Å². The van der Waals surface area contributed by atoms with Gasteiger partial charge >= 0.3 is 0 Å². The Bertz CT molecular complexity index is 366. The van der Waals surface area contributed by atoms with Crippen molar-refractivity contribution in [2.24, 2.45) is 5.73 Å². The Balaban J connectivity index is 2.73. The topological polar surface area (TPSA) is 43.1 Å². The Morgan fingerprint density at radius 3 is 2.67 bits per heavy atom. The van der Waals surface area contributed by atoms with Crippen LogP contribution in [0.2, 0.25) is 0 Å². The quantitative estimate of drug-likeness (QED) is 0.834. The van der Waals surface area contributed by atoms with Crippen LogP contribution in [-0.4, -0.2) is 5.78 Å². The Labute approximate surface area is 87.1 Å². The van der Waals surface area contributed by atoms with E-state index in [0.29, 0.717) is 12.8 Å². The smallest absolute Gasteiger partial charge is 0.130 e. The predicted octanol–water partition coefficient (Wildman–Crippen LogP) is 2.33. The van der Waals surface area contributed by atoms with Gasteiger partial charge in [0.1, 0.15) is 17.4 Å². The Kier molecular flexibility index (Phi) is 3.91. The number of benzene rings is 1. The summed E-state index contributed by atoms with van der Waals surface area (Å²) in [7, 11) is 0. The lowest BCUT2D eigenvalue weighted by molar-refractivity contribution is -0.117. The lowest BCUT2D eigenvalue weighted by Gasteiger charge is -2.11. The molecule has 0 saturated carbocycles. The number of hydrogen-bond donors (Lipinski definition) is 1. The van der Waals surface area contributed by atoms with Crippen LogP contribution in [0.5, 0.6) is 0 Å². The van der Waals surface area contributed by atoms with Gasteiger partial charge in [0.05, 0.1) is 0 Å². The summed E-state index contributed by atoms with van der Waals surface area (Å²) < 4.78 is 25.8. The minimum atomic E-state index is -0.661. The van der Waals surface area contributed by atoms with Crippen molar-refractivity contribution in [3.63, 3.8) is 0 Å². The van der Waals surface area contributed by atoms with Crippen molar-refractivity contribution in [2.45, 2.75) is 25.8 Å². The molecule has 4 heteroatoms. The molecule has 1 aromatic rings. The number of hydrogen-bond acceptors (Lipinski definition) is 2. The summed E-state index contributed by atoms with van der Waals surface area (Å²) in [5, 5.41) is 0. The standard InChI is InChI=1S/C11H13F2NO/c1-7(15)2-5-11(14)9-4-3-8(12)6-10(9)13/h3-4,6,11H,2,5,14H2,1H3. The van der Waals surface area contributed by atoms with Crippen LogP contribution in [0.4, 0.5) is 8.78 Å². The first-order valence-electron chi connectivity index (χ1n) is 4.70. The van der Waals surface area contributed by atoms with Gasteiger partial charge in [-0.1, -0.05) is 6.07 Å². The van der Waals surface area contributed by atoms with E-state index in [1.807, 2.05) is 0 Å². The predicted molar refractivity (Wildman–Crippen MR) is 53.2 cm³/mol. The van der Waals surface area contributed by atoms with Crippen molar-refractivity contribution in [3.05, 3.63) is 35.4 Å². The largest absolute Gasteiger partial charge is 0.324 e. The average molecular weight is 213 g/mol. The highest BCUT2D eigenvalue weighted by Crippen LogP contribution is 2.19. The van der Waals surface area contributed by atoms with Crippen LogP contribution >= 0.6 is 0 Å². The Morgan fingerprint density at radius 1 is 1.47 bits per heavy atom. The molecular weight excluding hydrogens is 200 g/mol. The van der Waals surface area contributed by atoms with Gasteiger partial charge in [0, 0.05) is 24.1 Å². The molecule has 1 unspecified atom stereocenters. The third kappa shape index (κ3) is 3.40. The van der Waals surface area contributed by atoms with Gasteiger partial charge in [-0.3, -0.25) is 0 Å². The minimum absolute atomic E-state index is 0.00738. The molecule has 1 atom stereocenters. The molecule has 2 N–H and O–H groups in total. The number of carbonyl (C=O) groups is 1. The van der Waals surface area contributed by atoms with Gasteiger partial charge in [-0.2, -0.15) is 0 Å². The van der Waals surface area contributed by atoms with Crippen molar-refractivity contribution in [1.29, 1.82) is 0 Å². The SMILES string of the molecule is CC(=O)CCC(N)c1ccc(F)cc1F. The van der Waals surface area contributed by atoms with E-state index in [2.05, 4.69) is 0 Å². The third-order valence-electron chi connectivity index (χ3n) is 2.17. The molecule has 0 spiro atoms. The molecule has 0 heterocycles. The molecular formula is C11H13F2NO. The van der Waals surface area contributed by atoms with Crippen LogP contribution < -0.4 is 5.73 Å². The molecule has 2 nitrogen and oxygen atoms in total. The number of halogens is 2. The molecule has 1 aromatic carbocycles. The van der Waals surface area contributed by atoms with Gasteiger partial charge in [0.15, 0.2) is 0 Å². The summed E-state index contributed by atoms with van der Waals surface area (Å²) in [6, 6.07) is 2.71. The van der Waals surface area contributed by atoms with E-state index in [4.69, 9.17) is 5.73 Å². The zero-order valence-corrected chi connectivity index (χ0v) is 8.47. The van der Waals surface area contributed by atoms with Crippen LogP contribution in [0.3, 0.4) is 0 Å². The first-order valence-corrected chi connectivity index (χ1v) is 4.70. The molecule has 0 aliphatic carbocycles. The molecule has 0 bridgehead atoms. The maximum atomic E-state index is 13.2. The van der Waals surface area contributed by atoms with Crippen molar-refractivity contribution in [1.82, 2.24) is 0 Å². The fourth-order valence-electron chi connectivity index (χ4n) is 1.32. The lowest BCUT2D eigenvalue weighted by atomic mass is 10.0. The van der Waals surface area contributed by atoms with Gasteiger partial charge in [0.25, 0.3) is 0 Å². The minimum Gasteiger partial charge on any atom is -0.324 e. The molecule has 82 valence electrons. The van der Waals surface area contributed by atoms with Crippen molar-refractivity contribution < 1.29 is 13.6 Å². The average Bonchev–Trinajstić information content (AvgIpc) is 2.14. The number of carbonyl (C=O) groups excluding carboxylic acids is 1. The number of rotatable bonds is 4. The summed E-state index contributed by atoms with van der Waals surface area (Å²) in [5.41, 5.74) is 5.93. The van der Waals surface area contributed by atoms with Crippen LogP contribution in [0.1, 0.15) is 31.4 Å². The molecule has 0 aromatic heterocycles. The maximum absolute atomic E-state index is 13.2. The fourth-order valence-corrected chi connectivity index (χ4v) is 1.32. The Morgan fingerprint density at radius 2 is 2.13 bits per heavy atom. The van der Waals surface area contributed by atoms with Gasteiger partial charge in [0.2, 0.25) is 0 Å². The van der Waals surface area contributed by atoms with E-state index in [0.717, 1.165) is 12.1 Å². The molecule has 0 radical (unpaired) electrons. The Hall–Kier alpha value is -1.29. The lowest BCUT2D eigenvalue weighted by Crippen LogP contribution is -2.13. The van der Waals surface area contributed by atoms with Gasteiger partial charge in [-0.25, -0.2) is 8.78 Å². The molecule has 1 rings (SSSR count). The highest BCUT2D eigenvalue weighted by atomic mass is 19.1. The van der Waals surface area contributed by atoms with Gasteiger partial charge in [-0.15, -0.1) is 0 Å². The highest BCUT2D eigenvalue weighted by Gasteiger charge is 2.12. The van der Waals surface area contributed by atoms with E-state index in [-0.39, 0.29) is 11.3 Å². The summed E-state index contributed by atoms with van der Waals surface area (Å²) >= 11 is 0. The summed E-state index contributed by atoms with van der Waals surface area (Å²) in [5.74, 6) is -1.28. The van der Waals surface area contributed by atoms with Crippen LogP contribution in [0.15, 0.2) is 18.2 Å². The second-order valence-electron chi connectivity index (χ2n) is 3.51. The monoisotopic (exact) mass is 213 g/mol. The van der Waals surface area contributed by atoms with E-state index in [9.17, 15) is 13.6 Å². The van der Waals surface area contributed by atoms with Crippen LogP contribution in [-0.2, 0) is 4.79 Å². The van der Waals surface area contributed by atoms with Crippen LogP contribution in [0.25, 0.3) is 0 Å². The summed E-state index contributed by atoms with van der Waals surface area (Å²) in [6.07, 6.45) is 0.676. The third-order valence-corrected chi connectivity index (χ3v) is 2.17. The van der Waals surface area contributed by atoms with E-state index in [1.165, 1.54) is 13.0 Å². The normalized spacial score (nSPS) is 12.5. The van der Waals surface area contributed by atoms with Gasteiger partial charge in [-0.05, 0) is 19.4 Å². The van der Waals surface area contributed by atoms with E-state index < -0.39 is 17.7 Å². The highest BCUT2D eigenvalue weighted by molar-refractivity contribution is 5.75. The zero-order chi connectivity index (χ0) is 11.4. The number of Topliss-reactive ketones (excluding diaryl/α,β-unsaturated/α-hetero) is 1. The molecule has 0 fully saturated rings. The summed E-state index contributed by atoms with van der Waals surface area (Å²) in [6.45, 7) is 1.45. The van der Waals surface area contributed by atoms with E-state index in [1.54, 1.807) is 0 Å². The molecule has 15 heavy (non-hydrogen) atoms. The molecule has 0 saturated heterocycles. The van der Waals surface area contributed by atoms with Crippen molar-refractivity contribution in [3.8, 4) is 0 Å². The first kappa shape index (κ1) is 11.8. The number of ketones is 1. The van der Waals surface area contributed by atoms with Crippen molar-refractivity contribution in [2.75, 3.05) is 0 Å². The number of nitrogens with two attached hydrogens (primary N) is 1. The second kappa shape index (κ2) is 4.98. The van der Waals surface area contributed by atoms with E-state index >= 15 is 0 Å². The summed E-state index contributed by atoms with van der Waals surface area (Å²) in [4.78, 5) is 10.7. The molecule has 0 amide bonds. The zero-order valence-electron chi connectivity index (χ0n) is 8.47. The van der Waals surface area contributed by atoms with Crippen LogP contribution in [0, 0.1) is 11.6 Å². The molecule has 0 aliphatic heterocycles. The fraction of sp³-hybridized carbons (Fsp3) is 0.364. The first-order chi connectivity index (χ1) is 7.00. The van der Waals surface area contributed by atoms with Crippen molar-refractivity contribution >= 4 is 5.78 Å².